The Kier molecular flexibility index (Phi) is 5.47. The van der Waals surface area contributed by atoms with Gasteiger partial charge in [-0.05, 0) is 36.1 Å². The molecule has 0 bridgehead atoms. The number of likely N-dealkylation sites (tertiary alicyclic amines) is 1. The molecule has 1 aliphatic rings. The molecule has 2 N–H and O–H groups in total. The van der Waals surface area contributed by atoms with Gasteiger partial charge in [-0.2, -0.15) is 0 Å². The van der Waals surface area contributed by atoms with Gasteiger partial charge in [0.25, 0.3) is 5.91 Å². The molecule has 0 saturated carbocycles. The van der Waals surface area contributed by atoms with Crippen LogP contribution in [0.3, 0.4) is 0 Å². The van der Waals surface area contributed by atoms with Crippen LogP contribution >= 0.6 is 11.6 Å². The summed E-state index contributed by atoms with van der Waals surface area (Å²) < 4.78 is 0. The van der Waals surface area contributed by atoms with Gasteiger partial charge < -0.3 is 15.3 Å². The van der Waals surface area contributed by atoms with E-state index in [0.717, 1.165) is 11.1 Å². The van der Waals surface area contributed by atoms with Crippen LogP contribution in [0.2, 0.25) is 5.02 Å². The molecule has 26 heavy (non-hydrogen) atoms. The predicted octanol–water partition coefficient (Wildman–Crippen LogP) is 3.45. The summed E-state index contributed by atoms with van der Waals surface area (Å²) in [5.41, 5.74) is 1.84. The topological polar surface area (TPSA) is 69.6 Å². The number of carbonyl (C=O) groups excluding carboxylic acids is 2. The second-order valence-corrected chi connectivity index (χ2v) is 6.88. The first-order chi connectivity index (χ1) is 12.5. The number of halogens is 1. The summed E-state index contributed by atoms with van der Waals surface area (Å²) in [6.45, 7) is 2.79. The zero-order chi connectivity index (χ0) is 18.7. The summed E-state index contributed by atoms with van der Waals surface area (Å²) in [6.07, 6.45) is 1.39. The van der Waals surface area contributed by atoms with Crippen LogP contribution in [0.4, 0.5) is 0 Å². The van der Waals surface area contributed by atoms with Crippen LogP contribution in [-0.2, 0) is 4.79 Å². The van der Waals surface area contributed by atoms with Crippen molar-refractivity contribution in [2.45, 2.75) is 25.8 Å². The van der Waals surface area contributed by atoms with E-state index in [0.29, 0.717) is 25.9 Å². The van der Waals surface area contributed by atoms with E-state index in [1.54, 1.807) is 24.0 Å². The molecule has 1 aliphatic heterocycles. The van der Waals surface area contributed by atoms with Crippen molar-refractivity contribution in [2.24, 2.45) is 0 Å². The summed E-state index contributed by atoms with van der Waals surface area (Å²) in [5, 5.41) is 13.3. The van der Waals surface area contributed by atoms with Crippen molar-refractivity contribution in [1.29, 1.82) is 0 Å². The quantitative estimate of drug-likeness (QED) is 0.866. The molecule has 0 spiro atoms. The fraction of sp³-hybridized carbons (Fsp3) is 0.300. The Morgan fingerprint density at radius 3 is 2.38 bits per heavy atom. The molecule has 0 unspecified atom stereocenters. The molecule has 0 aromatic heterocycles. The van der Waals surface area contributed by atoms with Crippen molar-refractivity contribution in [1.82, 2.24) is 10.2 Å². The van der Waals surface area contributed by atoms with Gasteiger partial charge in [0, 0.05) is 26.1 Å². The number of benzene rings is 2. The van der Waals surface area contributed by atoms with Crippen LogP contribution < -0.4 is 5.32 Å². The molecule has 136 valence electrons. The maximum Gasteiger partial charge on any atom is 0.255 e. The van der Waals surface area contributed by atoms with Crippen LogP contribution in [0.1, 0.15) is 30.1 Å². The molecule has 2 amide bonds. The van der Waals surface area contributed by atoms with Crippen molar-refractivity contribution < 1.29 is 14.7 Å². The summed E-state index contributed by atoms with van der Waals surface area (Å²) in [6, 6.07) is 12.8. The SMILES string of the molecule is CC(=O)N1CCC(NC(=O)c2cc(-c3ccccc3)cc(Cl)c2O)CC1. The molecular formula is C20H21ClN2O3. The summed E-state index contributed by atoms with van der Waals surface area (Å²) >= 11 is 6.14. The van der Waals surface area contributed by atoms with Gasteiger partial charge in [0.1, 0.15) is 5.75 Å². The molecule has 2 aromatic carbocycles. The van der Waals surface area contributed by atoms with Gasteiger partial charge in [0.2, 0.25) is 5.91 Å². The van der Waals surface area contributed by atoms with Gasteiger partial charge in [-0.25, -0.2) is 0 Å². The number of aromatic hydroxyl groups is 1. The molecule has 1 saturated heterocycles. The number of phenolic OH excluding ortho intramolecular Hbond substituents is 1. The average molecular weight is 373 g/mol. The average Bonchev–Trinajstić information content (AvgIpc) is 2.65. The lowest BCUT2D eigenvalue weighted by Gasteiger charge is -2.31. The van der Waals surface area contributed by atoms with E-state index in [1.165, 1.54) is 0 Å². The lowest BCUT2D eigenvalue weighted by molar-refractivity contribution is -0.129. The van der Waals surface area contributed by atoms with Gasteiger partial charge in [0.05, 0.1) is 10.6 Å². The van der Waals surface area contributed by atoms with Crippen LogP contribution in [0.5, 0.6) is 5.75 Å². The third-order valence-corrected chi connectivity index (χ3v) is 4.98. The smallest absolute Gasteiger partial charge is 0.255 e. The van der Waals surface area contributed by atoms with Crippen LogP contribution in [0.15, 0.2) is 42.5 Å². The molecule has 0 radical (unpaired) electrons. The Labute approximate surface area is 157 Å². The van der Waals surface area contributed by atoms with Gasteiger partial charge in [-0.3, -0.25) is 9.59 Å². The number of nitrogens with zero attached hydrogens (tertiary/aromatic N) is 1. The molecule has 5 nitrogen and oxygen atoms in total. The maximum absolute atomic E-state index is 12.7. The first-order valence-corrected chi connectivity index (χ1v) is 8.98. The molecule has 1 heterocycles. The first-order valence-electron chi connectivity index (χ1n) is 8.60. The highest BCUT2D eigenvalue weighted by Gasteiger charge is 2.24. The van der Waals surface area contributed by atoms with Crippen molar-refractivity contribution in [3.05, 3.63) is 53.1 Å². The second-order valence-electron chi connectivity index (χ2n) is 6.47. The van der Waals surface area contributed by atoms with Crippen LogP contribution in [0.25, 0.3) is 11.1 Å². The highest BCUT2D eigenvalue weighted by Crippen LogP contribution is 2.33. The third-order valence-electron chi connectivity index (χ3n) is 4.69. The van der Waals surface area contributed by atoms with Crippen LogP contribution in [-0.4, -0.2) is 41.0 Å². The van der Waals surface area contributed by atoms with E-state index in [-0.39, 0.29) is 34.2 Å². The van der Waals surface area contributed by atoms with E-state index in [9.17, 15) is 14.7 Å². The molecule has 2 aromatic rings. The minimum Gasteiger partial charge on any atom is -0.506 e. The van der Waals surface area contributed by atoms with E-state index in [1.807, 2.05) is 30.3 Å². The predicted molar refractivity (Wildman–Crippen MR) is 101 cm³/mol. The molecule has 6 heteroatoms. The van der Waals surface area contributed by atoms with E-state index < -0.39 is 0 Å². The highest BCUT2D eigenvalue weighted by atomic mass is 35.5. The van der Waals surface area contributed by atoms with E-state index >= 15 is 0 Å². The lowest BCUT2D eigenvalue weighted by atomic mass is 10.0. The second kappa shape index (κ2) is 7.79. The third kappa shape index (κ3) is 3.99. The number of amides is 2. The lowest BCUT2D eigenvalue weighted by Crippen LogP contribution is -2.46. The van der Waals surface area contributed by atoms with Gasteiger partial charge in [-0.1, -0.05) is 41.9 Å². The number of hydrogen-bond acceptors (Lipinski definition) is 3. The largest absolute Gasteiger partial charge is 0.506 e. The number of carbonyl (C=O) groups is 2. The fourth-order valence-corrected chi connectivity index (χ4v) is 3.39. The first kappa shape index (κ1) is 18.3. The van der Waals surface area contributed by atoms with Gasteiger partial charge >= 0.3 is 0 Å². The van der Waals surface area contributed by atoms with Crippen LogP contribution in [0, 0.1) is 0 Å². The fourth-order valence-electron chi connectivity index (χ4n) is 3.17. The Morgan fingerprint density at radius 2 is 1.77 bits per heavy atom. The number of nitrogens with one attached hydrogen (secondary N) is 1. The molecule has 0 aliphatic carbocycles. The van der Waals surface area contributed by atoms with E-state index in [2.05, 4.69) is 5.32 Å². The summed E-state index contributed by atoms with van der Waals surface area (Å²) in [7, 11) is 0. The molecule has 3 rings (SSSR count). The Morgan fingerprint density at radius 1 is 1.12 bits per heavy atom. The summed E-state index contributed by atoms with van der Waals surface area (Å²) in [4.78, 5) is 25.8. The number of piperidine rings is 1. The van der Waals surface area contributed by atoms with Crippen molar-refractivity contribution in [3.63, 3.8) is 0 Å². The number of rotatable bonds is 3. The van der Waals surface area contributed by atoms with Crippen molar-refractivity contribution in [3.8, 4) is 16.9 Å². The van der Waals surface area contributed by atoms with Gasteiger partial charge in [-0.15, -0.1) is 0 Å². The molecule has 1 fully saturated rings. The van der Waals surface area contributed by atoms with Crippen molar-refractivity contribution in [2.75, 3.05) is 13.1 Å². The Balaban J connectivity index is 1.77. The maximum atomic E-state index is 12.7. The van der Waals surface area contributed by atoms with Gasteiger partial charge in [0.15, 0.2) is 0 Å². The number of hydrogen-bond donors (Lipinski definition) is 2. The zero-order valence-electron chi connectivity index (χ0n) is 14.5. The monoisotopic (exact) mass is 372 g/mol. The number of phenols is 1. The summed E-state index contributed by atoms with van der Waals surface area (Å²) in [5.74, 6) is -0.525. The molecule has 0 atom stereocenters. The Bertz CT molecular complexity index is 815. The zero-order valence-corrected chi connectivity index (χ0v) is 15.3. The Hall–Kier alpha value is -2.53. The van der Waals surface area contributed by atoms with Crippen molar-refractivity contribution >= 4 is 23.4 Å². The molecular weight excluding hydrogens is 352 g/mol. The van der Waals surface area contributed by atoms with E-state index in [4.69, 9.17) is 11.6 Å². The normalized spacial score (nSPS) is 14.9. The minimum absolute atomic E-state index is 0.0309. The minimum atomic E-state index is -0.358. The standard InChI is InChI=1S/C20H21ClN2O3/c1-13(24)23-9-7-16(8-10-23)22-20(26)17-11-15(12-18(21)19(17)25)14-5-3-2-4-6-14/h2-6,11-12,16,25H,7-10H2,1H3,(H,22,26). The highest BCUT2D eigenvalue weighted by molar-refractivity contribution is 6.33.